The van der Waals surface area contributed by atoms with Gasteiger partial charge in [0, 0.05) is 12.1 Å². The summed E-state index contributed by atoms with van der Waals surface area (Å²) in [5.41, 5.74) is -0.859. The van der Waals surface area contributed by atoms with Gasteiger partial charge in [-0.05, 0) is 44.7 Å². The topological polar surface area (TPSA) is 88.1 Å². The normalized spacial score (nSPS) is 13.1. The van der Waals surface area contributed by atoms with E-state index in [4.69, 9.17) is 9.47 Å². The molecule has 2 aromatic rings. The fourth-order valence-corrected chi connectivity index (χ4v) is 3.82. The maximum absolute atomic E-state index is 13.6. The smallest absolute Gasteiger partial charge is 0.412 e. The minimum absolute atomic E-state index is 0.0309. The zero-order chi connectivity index (χ0) is 25.4. The van der Waals surface area contributed by atoms with Crippen molar-refractivity contribution in [3.05, 3.63) is 65.7 Å². The van der Waals surface area contributed by atoms with Crippen molar-refractivity contribution in [1.82, 2.24) is 10.2 Å². The zero-order valence-electron chi connectivity index (χ0n) is 21.1. The second-order valence-electron chi connectivity index (χ2n) is 9.80. The number of aromatic hydroxyl groups is 1. The Kier molecular flexibility index (Phi) is 9.36. The van der Waals surface area contributed by atoms with Gasteiger partial charge in [0.05, 0.1) is 0 Å². The monoisotopic (exact) mass is 470 g/mol. The van der Waals surface area contributed by atoms with Crippen LogP contribution in [0.25, 0.3) is 0 Å². The molecule has 0 bridgehead atoms. The average molecular weight is 471 g/mol. The molecule has 0 fully saturated rings. The van der Waals surface area contributed by atoms with Crippen molar-refractivity contribution in [2.75, 3.05) is 6.54 Å². The highest BCUT2D eigenvalue weighted by Crippen LogP contribution is 2.38. The summed E-state index contributed by atoms with van der Waals surface area (Å²) >= 11 is 0. The molecule has 34 heavy (non-hydrogen) atoms. The molecule has 0 spiro atoms. The lowest BCUT2D eigenvalue weighted by Crippen LogP contribution is -2.61. The van der Waals surface area contributed by atoms with Gasteiger partial charge in [-0.1, -0.05) is 75.7 Å². The highest BCUT2D eigenvalue weighted by atomic mass is 16.6. The molecule has 0 radical (unpaired) electrons. The van der Waals surface area contributed by atoms with Gasteiger partial charge in [0.1, 0.15) is 18.0 Å². The Balaban J connectivity index is 2.55. The Bertz CT molecular complexity index is 940. The Hall–Kier alpha value is -3.22. The Morgan fingerprint density at radius 2 is 1.65 bits per heavy atom. The van der Waals surface area contributed by atoms with E-state index in [1.807, 2.05) is 51.1 Å². The first-order valence-electron chi connectivity index (χ1n) is 11.8. The molecular weight excluding hydrogens is 432 g/mol. The highest BCUT2D eigenvalue weighted by Gasteiger charge is 2.45. The van der Waals surface area contributed by atoms with Crippen LogP contribution in [0.3, 0.4) is 0 Å². The van der Waals surface area contributed by atoms with Crippen molar-refractivity contribution in [2.45, 2.75) is 72.3 Å². The lowest BCUT2D eigenvalue weighted by atomic mass is 9.90. The molecule has 0 saturated carbocycles. The van der Waals surface area contributed by atoms with Crippen LogP contribution in [0, 0.1) is 5.92 Å². The minimum atomic E-state index is -1.37. The molecule has 7 nitrogen and oxygen atoms in total. The van der Waals surface area contributed by atoms with Crippen molar-refractivity contribution >= 4 is 12.2 Å². The molecule has 186 valence electrons. The molecule has 0 saturated heterocycles. The van der Waals surface area contributed by atoms with Gasteiger partial charge in [-0.25, -0.2) is 9.59 Å². The first-order valence-corrected chi connectivity index (χ1v) is 11.8. The first kappa shape index (κ1) is 27.0. The van der Waals surface area contributed by atoms with E-state index in [9.17, 15) is 14.7 Å². The van der Waals surface area contributed by atoms with Gasteiger partial charge in [0.25, 0.3) is 0 Å². The van der Waals surface area contributed by atoms with Gasteiger partial charge in [0.2, 0.25) is 0 Å². The molecule has 2 aromatic carbocycles. The first-order chi connectivity index (χ1) is 16.0. The number of phenolic OH excluding ortho intramolecular Hbond substituents is 1. The van der Waals surface area contributed by atoms with Crippen molar-refractivity contribution in [3.63, 3.8) is 0 Å². The number of hydrogen-bond donors (Lipinski definition) is 2. The molecule has 2 rings (SSSR count). The van der Waals surface area contributed by atoms with Gasteiger partial charge in [-0.2, -0.15) is 0 Å². The summed E-state index contributed by atoms with van der Waals surface area (Å²) < 4.78 is 11.3. The number of hydrogen-bond acceptors (Lipinski definition) is 5. The van der Waals surface area contributed by atoms with Crippen LogP contribution in [0.5, 0.6) is 5.75 Å². The van der Waals surface area contributed by atoms with Crippen LogP contribution in [0.15, 0.2) is 54.6 Å². The molecule has 0 aromatic heterocycles. The van der Waals surface area contributed by atoms with Crippen molar-refractivity contribution in [2.24, 2.45) is 5.92 Å². The van der Waals surface area contributed by atoms with E-state index in [0.717, 1.165) is 5.56 Å². The standard InChI is InChI=1S/C27H38N2O5/c1-7-17-27(22-15-11-12-16-23(22)30,28-24(31)34-26(4,5)6)29(18-20(2)3)25(32)33-19-21-13-9-8-10-14-21/h8-16,20,30H,7,17-19H2,1-6H3,(H,28,31)/t27-/m0/s1. The van der Waals surface area contributed by atoms with E-state index in [1.54, 1.807) is 45.0 Å². The third-order valence-corrected chi connectivity index (χ3v) is 5.10. The summed E-state index contributed by atoms with van der Waals surface area (Å²) in [4.78, 5) is 28.1. The molecule has 0 aliphatic heterocycles. The molecule has 7 heteroatoms. The number of benzene rings is 2. The fourth-order valence-electron chi connectivity index (χ4n) is 3.82. The average Bonchev–Trinajstić information content (AvgIpc) is 2.75. The lowest BCUT2D eigenvalue weighted by molar-refractivity contribution is -0.00288. The maximum atomic E-state index is 13.6. The van der Waals surface area contributed by atoms with Crippen molar-refractivity contribution < 1.29 is 24.2 Å². The maximum Gasteiger partial charge on any atom is 0.412 e. The quantitative estimate of drug-likeness (QED) is 0.428. The zero-order valence-corrected chi connectivity index (χ0v) is 21.1. The van der Waals surface area contributed by atoms with Crippen LogP contribution in [-0.4, -0.2) is 34.3 Å². The summed E-state index contributed by atoms with van der Waals surface area (Å²) in [5, 5.41) is 13.8. The largest absolute Gasteiger partial charge is 0.508 e. The Morgan fingerprint density at radius 3 is 2.21 bits per heavy atom. The number of phenols is 1. The summed E-state index contributed by atoms with van der Waals surface area (Å²) in [6.45, 7) is 11.6. The third-order valence-electron chi connectivity index (χ3n) is 5.10. The minimum Gasteiger partial charge on any atom is -0.508 e. The van der Waals surface area contributed by atoms with Crippen LogP contribution < -0.4 is 5.32 Å². The van der Waals surface area contributed by atoms with Gasteiger partial charge >= 0.3 is 12.2 Å². The molecule has 0 aliphatic rings. The highest BCUT2D eigenvalue weighted by molar-refractivity contribution is 5.74. The molecule has 1 atom stereocenters. The van der Waals surface area contributed by atoms with E-state index in [1.165, 1.54) is 4.90 Å². The van der Waals surface area contributed by atoms with Gasteiger partial charge in [0.15, 0.2) is 5.66 Å². The number of para-hydroxylation sites is 1. The Labute approximate surface area is 203 Å². The number of nitrogens with zero attached hydrogens (tertiary/aromatic N) is 1. The van der Waals surface area contributed by atoms with Crippen molar-refractivity contribution in [1.29, 1.82) is 0 Å². The predicted octanol–water partition coefficient (Wildman–Crippen LogP) is 6.16. The number of alkyl carbamates (subject to hydrolysis) is 1. The summed E-state index contributed by atoms with van der Waals surface area (Å²) in [5.74, 6) is 0.0309. The molecule has 0 unspecified atom stereocenters. The lowest BCUT2D eigenvalue weighted by Gasteiger charge is -2.45. The van der Waals surface area contributed by atoms with E-state index in [2.05, 4.69) is 5.32 Å². The molecule has 0 heterocycles. The van der Waals surface area contributed by atoms with Crippen LogP contribution >= 0.6 is 0 Å². The number of carbonyl (C=O) groups is 2. The van der Waals surface area contributed by atoms with Gasteiger partial charge < -0.3 is 14.6 Å². The second kappa shape index (κ2) is 11.8. The fraction of sp³-hybridized carbons (Fsp3) is 0.481. The third kappa shape index (κ3) is 7.40. The van der Waals surface area contributed by atoms with Crippen LogP contribution in [-0.2, 0) is 21.7 Å². The van der Waals surface area contributed by atoms with Gasteiger partial charge in [-0.3, -0.25) is 10.2 Å². The van der Waals surface area contributed by atoms with Crippen molar-refractivity contribution in [3.8, 4) is 5.75 Å². The molecule has 2 N–H and O–H groups in total. The van der Waals surface area contributed by atoms with E-state index in [-0.39, 0.29) is 24.8 Å². The van der Waals surface area contributed by atoms with Crippen LogP contribution in [0.1, 0.15) is 65.5 Å². The molecule has 0 aliphatic carbocycles. The van der Waals surface area contributed by atoms with E-state index < -0.39 is 23.5 Å². The molecular formula is C27H38N2O5. The predicted molar refractivity (Wildman–Crippen MR) is 132 cm³/mol. The Morgan fingerprint density at radius 1 is 1.03 bits per heavy atom. The molecule has 2 amide bonds. The van der Waals surface area contributed by atoms with E-state index in [0.29, 0.717) is 18.4 Å². The number of rotatable bonds is 9. The number of nitrogens with one attached hydrogen (secondary N) is 1. The SMILES string of the molecule is CCC[C@@](NC(=O)OC(C)(C)C)(c1ccccc1O)N(CC(C)C)C(=O)OCc1ccccc1. The van der Waals surface area contributed by atoms with Crippen LogP contribution in [0.4, 0.5) is 9.59 Å². The van der Waals surface area contributed by atoms with Gasteiger partial charge in [-0.15, -0.1) is 0 Å². The van der Waals surface area contributed by atoms with E-state index >= 15 is 0 Å². The summed E-state index contributed by atoms with van der Waals surface area (Å²) in [6, 6.07) is 16.1. The van der Waals surface area contributed by atoms with Crippen LogP contribution in [0.2, 0.25) is 0 Å². The summed E-state index contributed by atoms with van der Waals surface area (Å²) in [6.07, 6.45) is -0.319. The number of amides is 2. The second-order valence-corrected chi connectivity index (χ2v) is 9.80. The summed E-state index contributed by atoms with van der Waals surface area (Å²) in [7, 11) is 0. The number of carbonyl (C=O) groups excluding carboxylic acids is 2. The number of ether oxygens (including phenoxy) is 2.